The summed E-state index contributed by atoms with van der Waals surface area (Å²) < 4.78 is 10.7. The summed E-state index contributed by atoms with van der Waals surface area (Å²) in [4.78, 5) is 24.6. The number of allylic oxidation sites excluding steroid dienone is 1. The van der Waals surface area contributed by atoms with E-state index in [9.17, 15) is 9.59 Å². The Balaban J connectivity index is 2.35. The van der Waals surface area contributed by atoms with Gasteiger partial charge in [0.25, 0.3) is 0 Å². The molecule has 0 aromatic heterocycles. The summed E-state index contributed by atoms with van der Waals surface area (Å²) in [7, 11) is 1.29. The zero-order valence-corrected chi connectivity index (χ0v) is 12.9. The van der Waals surface area contributed by atoms with Crippen molar-refractivity contribution in [1.82, 2.24) is 4.90 Å². The van der Waals surface area contributed by atoms with Gasteiger partial charge >= 0.3 is 6.09 Å². The van der Waals surface area contributed by atoms with Crippen LogP contribution in [0.2, 0.25) is 0 Å². The monoisotopic (exact) mass is 301 g/mol. The van der Waals surface area contributed by atoms with Crippen LogP contribution in [0.1, 0.15) is 27.2 Å². The molecule has 1 saturated heterocycles. The van der Waals surface area contributed by atoms with E-state index in [-0.39, 0.29) is 11.2 Å². The number of fused-ring (bicyclic) bond motifs is 1. The lowest BCUT2D eigenvalue weighted by Crippen LogP contribution is -2.70. The van der Waals surface area contributed by atoms with Crippen molar-refractivity contribution in [1.29, 1.82) is 0 Å². The van der Waals surface area contributed by atoms with Gasteiger partial charge in [-0.3, -0.25) is 9.69 Å². The number of hydrogen-bond donors (Lipinski definition) is 0. The highest BCUT2D eigenvalue weighted by Crippen LogP contribution is 2.51. The molecule has 1 saturated carbocycles. The van der Waals surface area contributed by atoms with Gasteiger partial charge in [0.05, 0.1) is 7.11 Å². The van der Waals surface area contributed by atoms with Crippen LogP contribution in [-0.2, 0) is 14.3 Å². The Kier molecular flexibility index (Phi) is 3.63. The number of carbonyl (C=O) groups excluding carboxylic acids is 2. The van der Waals surface area contributed by atoms with E-state index in [1.165, 1.54) is 12.0 Å². The van der Waals surface area contributed by atoms with Crippen LogP contribution in [0.3, 0.4) is 0 Å². The molecule has 1 aliphatic carbocycles. The Morgan fingerprint density at radius 2 is 2.20 bits per heavy atom. The molecule has 0 radical (unpaired) electrons. The van der Waals surface area contributed by atoms with E-state index in [1.807, 2.05) is 20.8 Å². The molecule has 6 heteroatoms. The summed E-state index contributed by atoms with van der Waals surface area (Å²) in [5.41, 5.74) is -0.349. The summed E-state index contributed by atoms with van der Waals surface area (Å²) >= 11 is 6.36. The van der Waals surface area contributed by atoms with Crippen molar-refractivity contribution in [2.24, 2.45) is 5.41 Å². The van der Waals surface area contributed by atoms with E-state index >= 15 is 0 Å². The SMILES string of the molecule is C=CC[C@]1(Cl)C(=O)[C@H]2[C@@H]1O[C@H](C(C)(C)C)N2C(=O)OC. The molecule has 0 aromatic carbocycles. The minimum Gasteiger partial charge on any atom is -0.453 e. The zero-order chi connectivity index (χ0) is 15.3. The van der Waals surface area contributed by atoms with Crippen molar-refractivity contribution in [3.8, 4) is 0 Å². The number of hydrogen-bond acceptors (Lipinski definition) is 4. The minimum atomic E-state index is -1.11. The molecule has 0 aromatic rings. The molecule has 2 aliphatic rings. The van der Waals surface area contributed by atoms with E-state index in [0.29, 0.717) is 6.42 Å². The molecule has 2 rings (SSSR count). The lowest BCUT2D eigenvalue weighted by atomic mass is 9.72. The average Bonchev–Trinajstić information content (AvgIpc) is 2.75. The van der Waals surface area contributed by atoms with Crippen LogP contribution in [0, 0.1) is 5.41 Å². The molecule has 0 N–H and O–H groups in total. The largest absolute Gasteiger partial charge is 0.453 e. The lowest BCUT2D eigenvalue weighted by molar-refractivity contribution is -0.140. The fourth-order valence-corrected chi connectivity index (χ4v) is 3.24. The van der Waals surface area contributed by atoms with E-state index in [1.54, 1.807) is 6.08 Å². The van der Waals surface area contributed by atoms with Crippen LogP contribution in [0.15, 0.2) is 12.7 Å². The van der Waals surface area contributed by atoms with Crippen LogP contribution in [0.4, 0.5) is 4.79 Å². The third kappa shape index (κ3) is 1.95. The number of halogens is 1. The summed E-state index contributed by atoms with van der Waals surface area (Å²) in [6.45, 7) is 9.43. The molecule has 1 aliphatic heterocycles. The van der Waals surface area contributed by atoms with Gasteiger partial charge in [-0.2, -0.15) is 0 Å². The van der Waals surface area contributed by atoms with Gasteiger partial charge in [-0.15, -0.1) is 18.2 Å². The number of amides is 1. The van der Waals surface area contributed by atoms with Crippen molar-refractivity contribution in [3.63, 3.8) is 0 Å². The first kappa shape index (κ1) is 15.3. The van der Waals surface area contributed by atoms with Crippen LogP contribution in [0.5, 0.6) is 0 Å². The molecule has 0 spiro atoms. The van der Waals surface area contributed by atoms with E-state index in [4.69, 9.17) is 21.1 Å². The topological polar surface area (TPSA) is 55.8 Å². The molecule has 20 heavy (non-hydrogen) atoms. The standard InChI is InChI=1S/C14H20ClNO4/c1-6-7-14(15)9(17)8-10(14)20-11(13(2,3)4)16(8)12(18)19-5/h6,8,10-11H,1,7H2,2-5H3/t8-,10-,11+,14-/m0/s1. The van der Waals surface area contributed by atoms with Crippen LogP contribution in [0.25, 0.3) is 0 Å². The number of ketones is 1. The Hall–Kier alpha value is -1.07. The van der Waals surface area contributed by atoms with Gasteiger partial charge in [-0.25, -0.2) is 4.79 Å². The summed E-state index contributed by atoms with van der Waals surface area (Å²) in [5.74, 6) is -0.207. The lowest BCUT2D eigenvalue weighted by Gasteiger charge is -2.45. The molecule has 2 fully saturated rings. The number of nitrogens with zero attached hydrogens (tertiary/aromatic N) is 1. The highest BCUT2D eigenvalue weighted by atomic mass is 35.5. The van der Waals surface area contributed by atoms with E-state index in [0.717, 1.165) is 0 Å². The number of ether oxygens (including phenoxy) is 2. The Labute approximate surface area is 123 Å². The maximum Gasteiger partial charge on any atom is 0.412 e. The van der Waals surface area contributed by atoms with Gasteiger partial charge in [0.2, 0.25) is 0 Å². The number of rotatable bonds is 2. The van der Waals surface area contributed by atoms with Gasteiger partial charge < -0.3 is 9.47 Å². The van der Waals surface area contributed by atoms with Crippen molar-refractivity contribution in [2.75, 3.05) is 7.11 Å². The molecule has 4 atom stereocenters. The maximum absolute atomic E-state index is 12.3. The van der Waals surface area contributed by atoms with E-state index < -0.39 is 29.3 Å². The number of carbonyl (C=O) groups is 2. The molecule has 112 valence electrons. The smallest absolute Gasteiger partial charge is 0.412 e. The van der Waals surface area contributed by atoms with Gasteiger partial charge in [0, 0.05) is 5.41 Å². The van der Waals surface area contributed by atoms with Gasteiger partial charge in [0.15, 0.2) is 5.78 Å². The third-order valence-electron chi connectivity index (χ3n) is 3.81. The molecule has 1 amide bonds. The quantitative estimate of drug-likeness (QED) is 0.580. The van der Waals surface area contributed by atoms with Gasteiger partial charge in [-0.1, -0.05) is 26.8 Å². The first-order valence-electron chi connectivity index (χ1n) is 6.54. The molecular weight excluding hydrogens is 282 g/mol. The predicted octanol–water partition coefficient (Wildman–Crippen LogP) is 2.33. The highest BCUT2D eigenvalue weighted by Gasteiger charge is 2.71. The van der Waals surface area contributed by atoms with Crippen LogP contribution >= 0.6 is 11.6 Å². The van der Waals surface area contributed by atoms with Gasteiger partial charge in [0.1, 0.15) is 23.2 Å². The average molecular weight is 302 g/mol. The number of methoxy groups -OCH3 is 1. The Morgan fingerprint density at radius 3 is 2.65 bits per heavy atom. The summed E-state index contributed by atoms with van der Waals surface area (Å²) in [6.07, 6.45) is 0.290. The van der Waals surface area contributed by atoms with Crippen molar-refractivity contribution >= 4 is 23.5 Å². The summed E-state index contributed by atoms with van der Waals surface area (Å²) in [6, 6.07) is -0.663. The van der Waals surface area contributed by atoms with Crippen molar-refractivity contribution in [2.45, 2.75) is 50.4 Å². The Bertz CT molecular complexity index is 459. The second kappa shape index (κ2) is 4.74. The van der Waals surface area contributed by atoms with Crippen LogP contribution < -0.4 is 0 Å². The summed E-state index contributed by atoms with van der Waals surface area (Å²) in [5, 5.41) is 0. The van der Waals surface area contributed by atoms with Crippen molar-refractivity contribution in [3.05, 3.63) is 12.7 Å². The second-order valence-electron chi connectivity index (χ2n) is 6.32. The molecule has 0 bridgehead atoms. The fraction of sp³-hybridized carbons (Fsp3) is 0.714. The third-order valence-corrected chi connectivity index (χ3v) is 4.37. The zero-order valence-electron chi connectivity index (χ0n) is 12.2. The first-order valence-corrected chi connectivity index (χ1v) is 6.92. The van der Waals surface area contributed by atoms with Crippen molar-refractivity contribution < 1.29 is 19.1 Å². The molecular formula is C14H20ClNO4. The highest BCUT2D eigenvalue weighted by molar-refractivity contribution is 6.40. The minimum absolute atomic E-state index is 0.207. The van der Waals surface area contributed by atoms with E-state index in [2.05, 4.69) is 6.58 Å². The number of Topliss-reactive ketones (excluding diaryl/α,β-unsaturated/α-hetero) is 1. The normalized spacial score (nSPS) is 36.4. The van der Waals surface area contributed by atoms with Gasteiger partial charge in [-0.05, 0) is 6.42 Å². The second-order valence-corrected chi connectivity index (χ2v) is 6.99. The Morgan fingerprint density at radius 1 is 1.60 bits per heavy atom. The molecule has 5 nitrogen and oxygen atoms in total. The number of alkyl halides is 1. The molecule has 0 unspecified atom stereocenters. The van der Waals surface area contributed by atoms with Crippen LogP contribution in [-0.4, -0.2) is 47.1 Å². The predicted molar refractivity (Wildman–Crippen MR) is 74.6 cm³/mol. The molecule has 1 heterocycles. The maximum atomic E-state index is 12.3. The fourth-order valence-electron chi connectivity index (χ4n) is 2.85. The first-order chi connectivity index (χ1) is 9.18.